The molecule has 1 aromatic heterocycles. The van der Waals surface area contributed by atoms with Crippen molar-refractivity contribution in [3.05, 3.63) is 34.0 Å². The van der Waals surface area contributed by atoms with Gasteiger partial charge in [0.05, 0.1) is 6.10 Å². The molecule has 1 saturated heterocycles. The van der Waals surface area contributed by atoms with Gasteiger partial charge in [0.25, 0.3) is 0 Å². The van der Waals surface area contributed by atoms with Crippen LogP contribution >= 0.6 is 11.3 Å². The third kappa shape index (κ3) is 6.33. The summed E-state index contributed by atoms with van der Waals surface area (Å²) in [5.74, 6) is 0. The third-order valence-electron chi connectivity index (χ3n) is 4.06. The highest BCUT2D eigenvalue weighted by atomic mass is 32.1. The Morgan fingerprint density at radius 3 is 2.83 bits per heavy atom. The van der Waals surface area contributed by atoms with Crippen LogP contribution in [0.2, 0.25) is 0 Å². The molecule has 0 saturated carbocycles. The summed E-state index contributed by atoms with van der Waals surface area (Å²) in [5.41, 5.74) is 2.19. The molecule has 0 bridgehead atoms. The number of piperidine rings is 1. The van der Waals surface area contributed by atoms with Crippen molar-refractivity contribution in [1.82, 2.24) is 15.5 Å². The lowest BCUT2D eigenvalue weighted by Gasteiger charge is -2.31. The standard InChI is InChI=1S/C17H27N3O2S/c1-13(2)3-7-20-8-4-15(5-9-20)19-17(22)18-11-16(21)14-6-10-23-12-14/h3,6,10,12,15-16,21H,4-5,7-9,11H2,1-2H3,(H2,18,19,22)/t16-/m1/s1. The Hall–Kier alpha value is -1.37. The van der Waals surface area contributed by atoms with Crippen molar-refractivity contribution >= 4 is 17.4 Å². The number of urea groups is 1. The molecular formula is C17H27N3O2S. The Morgan fingerprint density at radius 1 is 1.48 bits per heavy atom. The van der Waals surface area contributed by atoms with E-state index in [4.69, 9.17) is 0 Å². The van der Waals surface area contributed by atoms with Crippen molar-refractivity contribution in [3.63, 3.8) is 0 Å². The number of thiophene rings is 1. The van der Waals surface area contributed by atoms with Crippen LogP contribution < -0.4 is 10.6 Å². The number of allylic oxidation sites excluding steroid dienone is 1. The summed E-state index contributed by atoms with van der Waals surface area (Å²) < 4.78 is 0. The zero-order chi connectivity index (χ0) is 16.7. The van der Waals surface area contributed by atoms with Crippen LogP contribution in [0.25, 0.3) is 0 Å². The van der Waals surface area contributed by atoms with Gasteiger partial charge in [0.1, 0.15) is 0 Å². The zero-order valence-electron chi connectivity index (χ0n) is 13.9. The molecule has 1 aliphatic rings. The van der Waals surface area contributed by atoms with Gasteiger partial charge in [-0.25, -0.2) is 4.79 Å². The first-order chi connectivity index (χ1) is 11.0. The highest BCUT2D eigenvalue weighted by Crippen LogP contribution is 2.15. The van der Waals surface area contributed by atoms with Crippen LogP contribution in [0.4, 0.5) is 4.79 Å². The van der Waals surface area contributed by atoms with Gasteiger partial charge in [-0.2, -0.15) is 11.3 Å². The van der Waals surface area contributed by atoms with E-state index in [-0.39, 0.29) is 18.6 Å². The topological polar surface area (TPSA) is 64.6 Å². The first-order valence-corrected chi connectivity index (χ1v) is 9.09. The minimum atomic E-state index is -0.641. The van der Waals surface area contributed by atoms with Crippen LogP contribution in [0, 0.1) is 0 Å². The molecule has 3 N–H and O–H groups in total. The van der Waals surface area contributed by atoms with Gasteiger partial charge in [-0.05, 0) is 49.1 Å². The number of rotatable bonds is 6. The van der Waals surface area contributed by atoms with E-state index in [9.17, 15) is 9.90 Å². The number of aliphatic hydroxyl groups is 1. The molecule has 5 nitrogen and oxygen atoms in total. The van der Waals surface area contributed by atoms with Gasteiger partial charge in [-0.1, -0.05) is 11.6 Å². The van der Waals surface area contributed by atoms with Crippen LogP contribution in [0.15, 0.2) is 28.5 Å². The van der Waals surface area contributed by atoms with E-state index in [2.05, 4.69) is 35.5 Å². The van der Waals surface area contributed by atoms with E-state index in [1.165, 1.54) is 16.9 Å². The summed E-state index contributed by atoms with van der Waals surface area (Å²) in [6.07, 6.45) is 3.54. The molecule has 1 aliphatic heterocycles. The number of aliphatic hydroxyl groups excluding tert-OH is 1. The van der Waals surface area contributed by atoms with Crippen molar-refractivity contribution in [1.29, 1.82) is 0 Å². The second-order valence-corrected chi connectivity index (χ2v) is 7.06. The molecule has 2 heterocycles. The van der Waals surface area contributed by atoms with E-state index in [1.807, 2.05) is 16.8 Å². The van der Waals surface area contributed by atoms with Gasteiger partial charge in [-0.3, -0.25) is 4.90 Å². The molecule has 0 radical (unpaired) electrons. The maximum atomic E-state index is 11.9. The second kappa shape index (κ2) is 9.05. The number of hydrogen-bond acceptors (Lipinski definition) is 4. The van der Waals surface area contributed by atoms with Crippen LogP contribution in [0.3, 0.4) is 0 Å². The van der Waals surface area contributed by atoms with Gasteiger partial charge >= 0.3 is 6.03 Å². The van der Waals surface area contributed by atoms with E-state index < -0.39 is 6.10 Å². The average molecular weight is 337 g/mol. The van der Waals surface area contributed by atoms with Crippen LogP contribution in [-0.4, -0.2) is 48.3 Å². The lowest BCUT2D eigenvalue weighted by atomic mass is 10.1. The molecule has 0 spiro atoms. The van der Waals surface area contributed by atoms with Gasteiger partial charge in [-0.15, -0.1) is 0 Å². The van der Waals surface area contributed by atoms with Crippen LogP contribution in [-0.2, 0) is 0 Å². The largest absolute Gasteiger partial charge is 0.387 e. The summed E-state index contributed by atoms with van der Waals surface area (Å²) in [6, 6.07) is 1.90. The molecule has 0 aliphatic carbocycles. The fraction of sp³-hybridized carbons (Fsp3) is 0.588. The van der Waals surface area contributed by atoms with Crippen molar-refractivity contribution in [2.24, 2.45) is 0 Å². The molecule has 1 fully saturated rings. The summed E-state index contributed by atoms with van der Waals surface area (Å²) >= 11 is 1.54. The second-order valence-electron chi connectivity index (χ2n) is 6.28. The third-order valence-corrected chi connectivity index (χ3v) is 4.77. The lowest BCUT2D eigenvalue weighted by molar-refractivity contribution is 0.170. The predicted molar refractivity (Wildman–Crippen MR) is 94.7 cm³/mol. The number of likely N-dealkylation sites (tertiary alicyclic amines) is 1. The molecule has 0 aromatic carbocycles. The Balaban J connectivity index is 1.64. The SMILES string of the molecule is CC(C)=CCN1CCC(NC(=O)NC[C@@H](O)c2ccsc2)CC1. The minimum Gasteiger partial charge on any atom is -0.387 e. The van der Waals surface area contributed by atoms with Crippen molar-refractivity contribution in [2.75, 3.05) is 26.2 Å². The molecular weight excluding hydrogens is 310 g/mol. The first-order valence-electron chi connectivity index (χ1n) is 8.15. The number of nitrogens with one attached hydrogen (secondary N) is 2. The zero-order valence-corrected chi connectivity index (χ0v) is 14.7. The maximum absolute atomic E-state index is 11.9. The van der Waals surface area contributed by atoms with Gasteiger partial charge in [0, 0.05) is 32.2 Å². The Labute approximate surface area is 142 Å². The normalized spacial score (nSPS) is 17.5. The Bertz CT molecular complexity index is 504. The highest BCUT2D eigenvalue weighted by molar-refractivity contribution is 7.07. The Morgan fingerprint density at radius 2 is 2.22 bits per heavy atom. The first kappa shape index (κ1) is 18.0. The molecule has 1 aromatic rings. The number of nitrogens with zero attached hydrogens (tertiary/aromatic N) is 1. The van der Waals surface area contributed by atoms with E-state index >= 15 is 0 Å². The number of hydrogen-bond donors (Lipinski definition) is 3. The quantitative estimate of drug-likeness (QED) is 0.699. The van der Waals surface area contributed by atoms with Crippen LogP contribution in [0.5, 0.6) is 0 Å². The summed E-state index contributed by atoms with van der Waals surface area (Å²) in [6.45, 7) is 7.47. The predicted octanol–water partition coefficient (Wildman–Crippen LogP) is 2.51. The number of carbonyl (C=O) groups excluding carboxylic acids is 1. The minimum absolute atomic E-state index is 0.193. The van der Waals surface area contributed by atoms with E-state index in [0.29, 0.717) is 0 Å². The van der Waals surface area contributed by atoms with E-state index in [0.717, 1.165) is 38.0 Å². The summed E-state index contributed by atoms with van der Waals surface area (Å²) in [5, 5.41) is 19.5. The van der Waals surface area contributed by atoms with Crippen LogP contribution in [0.1, 0.15) is 38.4 Å². The number of amides is 2. The van der Waals surface area contributed by atoms with Crippen molar-refractivity contribution in [3.8, 4) is 0 Å². The van der Waals surface area contributed by atoms with Crippen molar-refractivity contribution < 1.29 is 9.90 Å². The molecule has 128 valence electrons. The number of carbonyl (C=O) groups is 1. The summed E-state index contributed by atoms with van der Waals surface area (Å²) in [4.78, 5) is 14.3. The lowest BCUT2D eigenvalue weighted by Crippen LogP contribution is -2.48. The smallest absolute Gasteiger partial charge is 0.315 e. The summed E-state index contributed by atoms with van der Waals surface area (Å²) in [7, 11) is 0. The van der Waals surface area contributed by atoms with Crippen molar-refractivity contribution in [2.45, 2.75) is 38.8 Å². The Kier molecular flexibility index (Phi) is 7.08. The maximum Gasteiger partial charge on any atom is 0.315 e. The molecule has 0 unspecified atom stereocenters. The molecule has 2 amide bonds. The van der Waals surface area contributed by atoms with Gasteiger partial charge in [0.2, 0.25) is 0 Å². The fourth-order valence-corrected chi connectivity index (χ4v) is 3.29. The van der Waals surface area contributed by atoms with E-state index in [1.54, 1.807) is 0 Å². The molecule has 23 heavy (non-hydrogen) atoms. The monoisotopic (exact) mass is 337 g/mol. The van der Waals surface area contributed by atoms with Gasteiger partial charge < -0.3 is 15.7 Å². The average Bonchev–Trinajstić information content (AvgIpc) is 3.06. The molecule has 6 heteroatoms. The molecule has 1 atom stereocenters. The molecule has 2 rings (SSSR count). The fourth-order valence-electron chi connectivity index (χ4n) is 2.58. The highest BCUT2D eigenvalue weighted by Gasteiger charge is 2.20. The van der Waals surface area contributed by atoms with Gasteiger partial charge in [0.15, 0.2) is 0 Å².